The standard InChI is InChI=1S/C16H15ClN6O2.C10H12N4O.C6H4Cl2N2O/c1-9(24)14-12(7-13(17)20-21-14)19-11-6-4-5-10(15(11)25-3)16-18-8-23(2)22-16;1-14-6-12-10(13-14)7-4-3-5-8(11)9(7)15-2;1-3(11)6-4(7)2-5(8)9-10-6/h4-8H,1-3H3,(H,19,20);3-6H,11H2,1-2H3;2H,1H3/i3D3;2D3;. The van der Waals surface area contributed by atoms with E-state index in [0.29, 0.717) is 17.0 Å². The maximum absolute atomic E-state index is 11.8. The Kier molecular flexibility index (Phi) is 10.2. The van der Waals surface area contributed by atoms with Crippen LogP contribution in [-0.4, -0.2) is 75.6 Å². The molecule has 6 rings (SSSR count). The van der Waals surface area contributed by atoms with Gasteiger partial charge in [0.25, 0.3) is 0 Å². The van der Waals surface area contributed by atoms with Crippen LogP contribution in [0.1, 0.15) is 43.0 Å². The molecule has 0 unspecified atom stereocenters. The van der Waals surface area contributed by atoms with Crippen molar-refractivity contribution in [3.8, 4) is 34.3 Å². The van der Waals surface area contributed by atoms with Crippen LogP contribution in [-0.2, 0) is 14.1 Å². The van der Waals surface area contributed by atoms with Gasteiger partial charge in [-0.15, -0.1) is 20.4 Å². The number of carbonyl (C=O) groups is 2. The maximum atomic E-state index is 11.8. The van der Waals surface area contributed by atoms with Gasteiger partial charge in [0.15, 0.2) is 50.7 Å². The summed E-state index contributed by atoms with van der Waals surface area (Å²) in [6.45, 7) is 2.70. The molecule has 16 nitrogen and oxygen atoms in total. The monoisotopic (exact) mass is 758 g/mol. The molecule has 0 spiro atoms. The first kappa shape index (κ1) is 30.1. The Morgan fingerprint density at radius 2 is 1.27 bits per heavy atom. The van der Waals surface area contributed by atoms with Crippen LogP contribution in [0.25, 0.3) is 22.8 Å². The van der Waals surface area contributed by atoms with Crippen molar-refractivity contribution < 1.29 is 27.3 Å². The minimum atomic E-state index is -2.72. The van der Waals surface area contributed by atoms with Crippen LogP contribution in [0, 0.1) is 0 Å². The number of carbonyl (C=O) groups excluding carboxylic acids is 2. The molecule has 0 aliphatic heterocycles. The largest absolute Gasteiger partial charge is 0.494 e. The van der Waals surface area contributed by atoms with Gasteiger partial charge in [-0.3, -0.25) is 19.0 Å². The lowest BCUT2D eigenvalue weighted by molar-refractivity contribution is 0.1000. The molecular weight excluding hydrogens is 723 g/mol. The number of ketones is 2. The molecule has 0 saturated heterocycles. The summed E-state index contributed by atoms with van der Waals surface area (Å²) < 4.78 is 57.0. The Hall–Kier alpha value is -5.71. The lowest BCUT2D eigenvalue weighted by atomic mass is 10.1. The summed E-state index contributed by atoms with van der Waals surface area (Å²) in [5.41, 5.74) is 7.50. The molecule has 51 heavy (non-hydrogen) atoms. The first-order valence-corrected chi connectivity index (χ1v) is 15.4. The number of ether oxygens (including phenoxy) is 2. The molecule has 6 aromatic rings. The highest BCUT2D eigenvalue weighted by atomic mass is 35.5. The van der Waals surface area contributed by atoms with Crippen molar-refractivity contribution in [2.45, 2.75) is 13.8 Å². The van der Waals surface area contributed by atoms with E-state index in [-0.39, 0.29) is 72.7 Å². The van der Waals surface area contributed by atoms with E-state index < -0.39 is 14.1 Å². The fourth-order valence-corrected chi connectivity index (χ4v) is 4.77. The van der Waals surface area contributed by atoms with Gasteiger partial charge in [0.2, 0.25) is 0 Å². The Morgan fingerprint density at radius 1 is 0.745 bits per heavy atom. The van der Waals surface area contributed by atoms with Gasteiger partial charge in [-0.05, 0) is 30.3 Å². The average molecular weight is 760 g/mol. The third-order valence-corrected chi connectivity index (χ3v) is 7.02. The molecule has 0 bridgehead atoms. The quantitative estimate of drug-likeness (QED) is 0.136. The van der Waals surface area contributed by atoms with Gasteiger partial charge >= 0.3 is 0 Å². The van der Waals surface area contributed by atoms with Crippen LogP contribution in [0.3, 0.4) is 0 Å². The second kappa shape index (κ2) is 17.3. The predicted octanol–water partition coefficient (Wildman–Crippen LogP) is 5.94. The van der Waals surface area contributed by atoms with E-state index in [0.717, 1.165) is 0 Å². The van der Waals surface area contributed by atoms with E-state index in [9.17, 15) is 9.59 Å². The van der Waals surface area contributed by atoms with Gasteiger partial charge in [-0.2, -0.15) is 10.2 Å². The van der Waals surface area contributed by atoms with E-state index in [4.69, 9.17) is 58.2 Å². The fraction of sp³-hybridized carbons (Fsp3) is 0.188. The summed E-state index contributed by atoms with van der Waals surface area (Å²) >= 11 is 17.0. The number of nitrogens with zero attached hydrogens (tertiary/aromatic N) is 10. The van der Waals surface area contributed by atoms with Crippen LogP contribution in [0.4, 0.5) is 17.1 Å². The fourth-order valence-electron chi connectivity index (χ4n) is 4.15. The van der Waals surface area contributed by atoms with Crippen molar-refractivity contribution in [3.63, 3.8) is 0 Å². The molecule has 0 saturated carbocycles. The summed E-state index contributed by atoms with van der Waals surface area (Å²) in [5.74, 6) is 0.152. The molecule has 19 heteroatoms. The van der Waals surface area contributed by atoms with Crippen molar-refractivity contribution in [2.75, 3.05) is 25.1 Å². The summed E-state index contributed by atoms with van der Waals surface area (Å²) in [6, 6.07) is 12.6. The number of Topliss-reactive ketones (excluding diaryl/α,β-unsaturated/α-hetero) is 2. The molecule has 0 aliphatic carbocycles. The van der Waals surface area contributed by atoms with E-state index >= 15 is 0 Å². The van der Waals surface area contributed by atoms with E-state index in [1.54, 1.807) is 50.5 Å². The molecule has 3 N–H and O–H groups in total. The molecular formula is C32H31Cl3N12O4. The number of nitrogens with one attached hydrogen (secondary N) is 1. The topological polar surface area (TPSA) is 204 Å². The number of aryl methyl sites for hydroxylation is 2. The van der Waals surface area contributed by atoms with Crippen molar-refractivity contribution in [3.05, 3.63) is 87.9 Å². The summed E-state index contributed by atoms with van der Waals surface area (Å²) in [4.78, 5) is 30.8. The van der Waals surface area contributed by atoms with Gasteiger partial charge in [-0.25, -0.2) is 9.97 Å². The molecule has 0 radical (unpaired) electrons. The minimum Gasteiger partial charge on any atom is -0.494 e. The summed E-state index contributed by atoms with van der Waals surface area (Å²) in [7, 11) is -1.89. The zero-order valence-electron chi connectivity index (χ0n) is 33.1. The Balaban J connectivity index is 0.000000211. The molecule has 0 amide bonds. The molecule has 0 fully saturated rings. The number of halogens is 3. The first-order valence-electron chi connectivity index (χ1n) is 17.2. The predicted molar refractivity (Wildman–Crippen MR) is 193 cm³/mol. The maximum Gasteiger partial charge on any atom is 0.184 e. The van der Waals surface area contributed by atoms with Gasteiger partial charge < -0.3 is 20.5 Å². The third-order valence-electron chi connectivity index (χ3n) is 6.36. The number of nitrogens with two attached hydrogens (primary N) is 1. The number of hydrogen-bond donors (Lipinski definition) is 2. The zero-order chi connectivity index (χ0) is 42.2. The van der Waals surface area contributed by atoms with Gasteiger partial charge in [0, 0.05) is 34.0 Å². The lowest BCUT2D eigenvalue weighted by Crippen LogP contribution is -2.06. The molecule has 2 aromatic carbocycles. The van der Waals surface area contributed by atoms with Crippen molar-refractivity contribution in [2.24, 2.45) is 14.1 Å². The second-order valence-electron chi connectivity index (χ2n) is 10.1. The summed E-state index contributed by atoms with van der Waals surface area (Å²) in [6.07, 6.45) is 2.99. The number of hydrogen-bond acceptors (Lipinski definition) is 14. The molecule has 4 heterocycles. The second-order valence-corrected chi connectivity index (χ2v) is 11.3. The van der Waals surface area contributed by atoms with Crippen LogP contribution in [0.2, 0.25) is 15.3 Å². The minimum absolute atomic E-state index is 0.00358. The van der Waals surface area contributed by atoms with Crippen LogP contribution >= 0.6 is 34.8 Å². The Bertz CT molecular complexity index is 2390. The van der Waals surface area contributed by atoms with E-state index in [1.807, 2.05) is 0 Å². The highest BCUT2D eigenvalue weighted by molar-refractivity contribution is 6.35. The van der Waals surface area contributed by atoms with Gasteiger partial charge in [0.1, 0.15) is 18.3 Å². The number of aromatic nitrogens is 10. The lowest BCUT2D eigenvalue weighted by Gasteiger charge is -2.15. The summed E-state index contributed by atoms with van der Waals surface area (Å²) in [5, 5.41) is 26.2. The number of para-hydroxylation sites is 2. The molecule has 0 atom stereocenters. The average Bonchev–Trinajstić information content (AvgIpc) is 3.73. The van der Waals surface area contributed by atoms with Crippen molar-refractivity contribution in [1.82, 2.24) is 49.9 Å². The Morgan fingerprint density at radius 3 is 1.80 bits per heavy atom. The van der Waals surface area contributed by atoms with E-state index in [1.165, 1.54) is 48.0 Å². The first-order chi connectivity index (χ1) is 26.6. The van der Waals surface area contributed by atoms with Gasteiger partial charge in [0.05, 0.1) is 55.5 Å². The van der Waals surface area contributed by atoms with Crippen LogP contribution in [0.15, 0.2) is 61.2 Å². The van der Waals surface area contributed by atoms with Crippen molar-refractivity contribution in [1.29, 1.82) is 0 Å². The molecule has 0 aliphatic rings. The number of nitrogen functional groups attached to an aromatic ring is 1. The third kappa shape index (κ3) is 9.72. The Labute approximate surface area is 315 Å². The van der Waals surface area contributed by atoms with Crippen LogP contribution in [0.5, 0.6) is 11.5 Å². The van der Waals surface area contributed by atoms with Crippen molar-refractivity contribution >= 4 is 63.4 Å². The van der Waals surface area contributed by atoms with E-state index in [2.05, 4.69) is 45.9 Å². The number of anilines is 3. The van der Waals surface area contributed by atoms with Gasteiger partial charge in [-0.1, -0.05) is 46.9 Å². The number of methoxy groups -OCH3 is 2. The highest BCUT2D eigenvalue weighted by Crippen LogP contribution is 2.37. The normalized spacial score (nSPS) is 12.5. The highest BCUT2D eigenvalue weighted by Gasteiger charge is 2.18. The molecule has 264 valence electrons. The van der Waals surface area contributed by atoms with Crippen LogP contribution < -0.4 is 20.5 Å². The number of benzene rings is 2. The smallest absolute Gasteiger partial charge is 0.184 e. The number of rotatable bonds is 8. The SMILES string of the molecule is CC(=O)c1nnc(Cl)cc1Cl.[2H]C([2H])([2H])Oc1c(N)cccc1-c1ncn(C)n1.[2H]C([2H])([2H])Oc1c(Nc2cc(Cl)nnc2C(C)=O)cccc1-c1ncn(C)n1. The molecule has 4 aromatic heterocycles. The zero-order valence-corrected chi connectivity index (χ0v) is 29.4.